The molecular weight excluding hydrogens is 450 g/mol. The van der Waals surface area contributed by atoms with Crippen molar-refractivity contribution < 1.29 is 19.1 Å². The molecule has 5 nitrogen and oxygen atoms in total. The van der Waals surface area contributed by atoms with Crippen LogP contribution < -0.4 is 0 Å². The topological polar surface area (TPSA) is 76.4 Å². The van der Waals surface area contributed by atoms with Crippen molar-refractivity contribution in [2.24, 2.45) is 51.2 Å². The molecule has 6 aliphatic rings. The fraction of sp³-hybridized carbons (Fsp3) is 0.839. The number of methoxy groups -OCH3 is 1. The van der Waals surface area contributed by atoms with Crippen LogP contribution in [0.15, 0.2) is 11.6 Å². The van der Waals surface area contributed by atoms with Crippen LogP contribution in [0.25, 0.3) is 0 Å². The molecule has 9 atom stereocenters. The zero-order valence-corrected chi connectivity index (χ0v) is 23.2. The molecular formula is C31H45NO4. The van der Waals surface area contributed by atoms with E-state index in [0.29, 0.717) is 43.0 Å². The van der Waals surface area contributed by atoms with Crippen molar-refractivity contribution in [2.75, 3.05) is 13.7 Å². The Kier molecular flexibility index (Phi) is 6.26. The van der Waals surface area contributed by atoms with Crippen LogP contribution in [0.1, 0.15) is 92.4 Å². The number of allylic oxidation sites excluding steroid dienone is 2. The van der Waals surface area contributed by atoms with E-state index in [9.17, 15) is 9.59 Å². The number of esters is 1. The van der Waals surface area contributed by atoms with Crippen LogP contribution >= 0.6 is 0 Å². The van der Waals surface area contributed by atoms with E-state index < -0.39 is 5.41 Å². The summed E-state index contributed by atoms with van der Waals surface area (Å²) in [6.07, 6.45) is 10.4. The number of ketones is 1. The largest absolute Gasteiger partial charge is 0.469 e. The van der Waals surface area contributed by atoms with Crippen LogP contribution in [-0.2, 0) is 19.1 Å². The van der Waals surface area contributed by atoms with Gasteiger partial charge in [0.2, 0.25) is 0 Å². The lowest BCUT2D eigenvalue weighted by Gasteiger charge is -2.73. The maximum absolute atomic E-state index is 14.0. The predicted molar refractivity (Wildman–Crippen MR) is 138 cm³/mol. The zero-order chi connectivity index (χ0) is 26.1. The third-order valence-corrected chi connectivity index (χ3v) is 12.0. The second-order valence-electron chi connectivity index (χ2n) is 13.7. The smallest absolute Gasteiger partial charge is 0.311 e. The molecule has 1 spiro atoms. The number of ether oxygens (including phenoxy) is 2. The lowest BCUT2D eigenvalue weighted by atomic mass is 9.30. The average Bonchev–Trinajstić information content (AvgIpc) is 2.84. The second kappa shape index (κ2) is 8.69. The summed E-state index contributed by atoms with van der Waals surface area (Å²) in [6, 6.07) is 2.22. The quantitative estimate of drug-likeness (QED) is 0.255. The number of nitrogens with zero attached hydrogens (tertiary/aromatic N) is 1. The molecule has 0 amide bonds. The van der Waals surface area contributed by atoms with E-state index in [2.05, 4.69) is 46.8 Å². The molecule has 0 saturated heterocycles. The summed E-state index contributed by atoms with van der Waals surface area (Å²) in [7, 11) is 1.53. The fourth-order valence-corrected chi connectivity index (χ4v) is 10.8. The molecule has 0 aromatic rings. The minimum absolute atomic E-state index is 0.00686. The van der Waals surface area contributed by atoms with Crippen molar-refractivity contribution in [1.29, 1.82) is 5.26 Å². The molecule has 0 aromatic carbocycles. The summed E-state index contributed by atoms with van der Waals surface area (Å²) in [5.41, 5.74) is 0.665. The number of rotatable bonds is 5. The van der Waals surface area contributed by atoms with Gasteiger partial charge in [0, 0.05) is 23.2 Å². The van der Waals surface area contributed by atoms with Crippen molar-refractivity contribution in [1.82, 2.24) is 0 Å². The molecule has 6 aliphatic carbocycles. The summed E-state index contributed by atoms with van der Waals surface area (Å²) in [6.45, 7) is 12.0. The molecule has 4 saturated carbocycles. The standard InChI is InChI=1S/C31H45NO4/c1-19(2)20-18-31-14-11-23-28(3,12-7-13-29(23,4)27(34)35-6)24(31)17-21(20)30(5)25(36-16-8-15-32)10-9-22(33)26(30)31/h18-19,21,23-26H,7-14,16-17H2,1-6H3/t21?,23-,24-,25+,26?,28+,29-,30+,31+/m1/s1. The third kappa shape index (κ3) is 3.22. The minimum Gasteiger partial charge on any atom is -0.469 e. The Morgan fingerprint density at radius 1 is 1.17 bits per heavy atom. The first-order valence-electron chi connectivity index (χ1n) is 14.3. The fourth-order valence-electron chi connectivity index (χ4n) is 10.8. The highest BCUT2D eigenvalue weighted by Gasteiger charge is 2.74. The summed E-state index contributed by atoms with van der Waals surface area (Å²) >= 11 is 0. The first kappa shape index (κ1) is 26.0. The first-order valence-corrected chi connectivity index (χ1v) is 14.3. The molecule has 0 aromatic heterocycles. The lowest BCUT2D eigenvalue weighted by molar-refractivity contribution is -0.236. The van der Waals surface area contributed by atoms with Crippen LogP contribution in [0.2, 0.25) is 0 Å². The highest BCUT2D eigenvalue weighted by atomic mass is 16.5. The maximum atomic E-state index is 14.0. The molecule has 2 bridgehead atoms. The van der Waals surface area contributed by atoms with Gasteiger partial charge >= 0.3 is 5.97 Å². The van der Waals surface area contributed by atoms with Crippen LogP contribution in [0.3, 0.4) is 0 Å². The summed E-state index contributed by atoms with van der Waals surface area (Å²) < 4.78 is 11.8. The second-order valence-corrected chi connectivity index (χ2v) is 13.7. The molecule has 4 fully saturated rings. The van der Waals surface area contributed by atoms with E-state index in [-0.39, 0.29) is 40.2 Å². The summed E-state index contributed by atoms with van der Waals surface area (Å²) in [5, 5.41) is 9.12. The predicted octanol–water partition coefficient (Wildman–Crippen LogP) is 6.27. The maximum Gasteiger partial charge on any atom is 0.311 e. The summed E-state index contributed by atoms with van der Waals surface area (Å²) in [5.74, 6) is 1.72. The zero-order valence-electron chi connectivity index (χ0n) is 23.2. The van der Waals surface area contributed by atoms with E-state index in [0.717, 1.165) is 44.9 Å². The lowest BCUT2D eigenvalue weighted by Crippen LogP contribution is -2.71. The van der Waals surface area contributed by atoms with E-state index >= 15 is 0 Å². The van der Waals surface area contributed by atoms with Crippen LogP contribution in [0.5, 0.6) is 0 Å². The highest BCUT2D eigenvalue weighted by molar-refractivity contribution is 5.85. The Morgan fingerprint density at radius 3 is 2.58 bits per heavy atom. The number of hydrogen-bond acceptors (Lipinski definition) is 5. The Morgan fingerprint density at radius 2 is 1.92 bits per heavy atom. The van der Waals surface area contributed by atoms with Crippen molar-refractivity contribution in [2.45, 2.75) is 98.5 Å². The third-order valence-electron chi connectivity index (χ3n) is 12.0. The van der Waals surface area contributed by atoms with Crippen LogP contribution in [-0.4, -0.2) is 31.6 Å². The van der Waals surface area contributed by atoms with E-state index in [1.165, 1.54) is 12.7 Å². The number of Topliss-reactive ketones (excluding diaryl/α,β-unsaturated/α-hetero) is 1. The Bertz CT molecular complexity index is 1010. The van der Waals surface area contributed by atoms with Gasteiger partial charge in [-0.1, -0.05) is 45.8 Å². The van der Waals surface area contributed by atoms with Gasteiger partial charge in [-0.05, 0) is 74.5 Å². The van der Waals surface area contributed by atoms with E-state index in [1.807, 2.05) is 0 Å². The average molecular weight is 496 g/mol. The van der Waals surface area contributed by atoms with Crippen molar-refractivity contribution in [3.63, 3.8) is 0 Å². The normalized spacial score (nSPS) is 47.3. The van der Waals surface area contributed by atoms with Crippen LogP contribution in [0.4, 0.5) is 0 Å². The molecule has 198 valence electrons. The number of fused-ring (bicyclic) bond motifs is 1. The SMILES string of the molecule is COC(=O)[C@]1(C)CCC[C@@]2(C)[C@H]1CC[C@]13C=C(C(C)C)C(C[C@H]21)[C@]1(C)C3C(=O)CC[C@@H]1OCCC#N. The molecule has 0 radical (unpaired) electrons. The molecule has 0 N–H and O–H groups in total. The molecule has 2 unspecified atom stereocenters. The van der Waals surface area contributed by atoms with Gasteiger partial charge < -0.3 is 9.47 Å². The summed E-state index contributed by atoms with van der Waals surface area (Å²) in [4.78, 5) is 27.1. The number of nitriles is 1. The van der Waals surface area contributed by atoms with Gasteiger partial charge in [-0.15, -0.1) is 0 Å². The van der Waals surface area contributed by atoms with E-state index in [4.69, 9.17) is 14.7 Å². The van der Waals surface area contributed by atoms with Crippen molar-refractivity contribution in [3.05, 3.63) is 11.6 Å². The van der Waals surface area contributed by atoms with Crippen molar-refractivity contribution in [3.8, 4) is 6.07 Å². The van der Waals surface area contributed by atoms with Gasteiger partial charge in [0.25, 0.3) is 0 Å². The van der Waals surface area contributed by atoms with Gasteiger partial charge in [-0.25, -0.2) is 0 Å². The van der Waals surface area contributed by atoms with Gasteiger partial charge in [0.1, 0.15) is 5.78 Å². The van der Waals surface area contributed by atoms with E-state index in [1.54, 1.807) is 0 Å². The molecule has 5 heteroatoms. The molecule has 0 heterocycles. The first-order chi connectivity index (χ1) is 17.0. The molecule has 6 rings (SSSR count). The van der Waals surface area contributed by atoms with Gasteiger partial charge in [0.15, 0.2) is 0 Å². The Balaban J connectivity index is 1.63. The number of carbonyl (C=O) groups is 2. The van der Waals surface area contributed by atoms with Crippen molar-refractivity contribution >= 4 is 11.8 Å². The number of carbonyl (C=O) groups excluding carboxylic acids is 2. The monoisotopic (exact) mass is 495 g/mol. The van der Waals surface area contributed by atoms with Gasteiger partial charge in [0.05, 0.1) is 37.7 Å². The Labute approximate surface area is 217 Å². The highest BCUT2D eigenvalue weighted by Crippen LogP contribution is 2.77. The molecule has 0 aliphatic heterocycles. The van der Waals surface area contributed by atoms with Gasteiger partial charge in [-0.2, -0.15) is 5.26 Å². The number of hydrogen-bond donors (Lipinski definition) is 0. The van der Waals surface area contributed by atoms with Gasteiger partial charge in [-0.3, -0.25) is 9.59 Å². The van der Waals surface area contributed by atoms with Crippen LogP contribution in [0, 0.1) is 62.6 Å². The molecule has 36 heavy (non-hydrogen) atoms. The Hall–Kier alpha value is -1.67. The minimum atomic E-state index is -0.451.